The normalized spacial score (nSPS) is 11.4. The summed E-state index contributed by atoms with van der Waals surface area (Å²) in [5.74, 6) is -0.0311. The van der Waals surface area contributed by atoms with Crippen LogP contribution in [0.5, 0.6) is 0 Å². The van der Waals surface area contributed by atoms with Crippen molar-refractivity contribution in [1.82, 2.24) is 0 Å². The van der Waals surface area contributed by atoms with Gasteiger partial charge >= 0.3 is 85.9 Å². The van der Waals surface area contributed by atoms with E-state index in [1.54, 1.807) is 0 Å². The average molecular weight is 293 g/mol. The van der Waals surface area contributed by atoms with Crippen LogP contribution in [0.4, 0.5) is 0 Å². The number of ether oxygens (including phenoxy) is 1. The van der Waals surface area contributed by atoms with Gasteiger partial charge in [0.15, 0.2) is 0 Å². The Kier molecular flexibility index (Phi) is 6.82. The van der Waals surface area contributed by atoms with E-state index in [1.165, 1.54) is 24.9 Å². The van der Waals surface area contributed by atoms with Crippen LogP contribution in [0.15, 0.2) is 0 Å². The van der Waals surface area contributed by atoms with Gasteiger partial charge < -0.3 is 0 Å². The molecule has 0 unspecified atom stereocenters. The van der Waals surface area contributed by atoms with Crippen molar-refractivity contribution in [2.24, 2.45) is 0 Å². The van der Waals surface area contributed by atoms with Crippen molar-refractivity contribution in [3.8, 4) is 0 Å². The molecule has 0 atom stereocenters. The van der Waals surface area contributed by atoms with E-state index in [1.807, 2.05) is 0 Å². The maximum absolute atomic E-state index is 11.0. The molecule has 78 valence electrons. The Morgan fingerprint density at radius 3 is 1.92 bits per heavy atom. The molecule has 0 aromatic rings. The molecule has 2 nitrogen and oxygen atoms in total. The predicted molar refractivity (Wildman–Crippen MR) is 58.6 cm³/mol. The zero-order valence-electron chi connectivity index (χ0n) is 9.35. The Morgan fingerprint density at radius 2 is 1.62 bits per heavy atom. The van der Waals surface area contributed by atoms with E-state index in [2.05, 4.69) is 25.5 Å². The molecule has 0 spiro atoms. The van der Waals surface area contributed by atoms with Gasteiger partial charge in [-0.1, -0.05) is 0 Å². The van der Waals surface area contributed by atoms with Crippen molar-refractivity contribution in [3.05, 3.63) is 0 Å². The molecule has 0 aromatic heterocycles. The number of hydrogen-bond acceptors (Lipinski definition) is 2. The van der Waals surface area contributed by atoms with Gasteiger partial charge in [-0.15, -0.1) is 0 Å². The van der Waals surface area contributed by atoms with Crippen LogP contribution in [0.1, 0.15) is 27.2 Å². The molecule has 0 amide bonds. The van der Waals surface area contributed by atoms with Crippen LogP contribution < -0.4 is 0 Å². The summed E-state index contributed by atoms with van der Waals surface area (Å²) in [4.78, 5) is 11.0. The first-order valence-electron chi connectivity index (χ1n) is 5.21. The zero-order valence-corrected chi connectivity index (χ0v) is 12.2. The second-order valence-electron chi connectivity index (χ2n) is 3.64. The fourth-order valence-electron chi connectivity index (χ4n) is 1.75. The third-order valence-electron chi connectivity index (χ3n) is 3.34. The van der Waals surface area contributed by atoms with Gasteiger partial charge in [-0.3, -0.25) is 0 Å². The fourth-order valence-corrected chi connectivity index (χ4v) is 11.2. The molecule has 0 N–H and O–H groups in total. The Hall–Kier alpha value is 0.269. The van der Waals surface area contributed by atoms with Crippen LogP contribution in [0, 0.1) is 0 Å². The first kappa shape index (κ1) is 13.3. The third-order valence-corrected chi connectivity index (χ3v) is 19.9. The number of hydrogen-bond donors (Lipinski definition) is 0. The first-order chi connectivity index (χ1) is 6.14. The second-order valence-corrected chi connectivity index (χ2v) is 19.7. The number of carbonyl (C=O) groups is 1. The van der Waals surface area contributed by atoms with Crippen LogP contribution in [-0.2, 0) is 9.53 Å². The number of rotatable bonds is 6. The van der Waals surface area contributed by atoms with Gasteiger partial charge in [0.2, 0.25) is 0 Å². The van der Waals surface area contributed by atoms with Gasteiger partial charge in [0, 0.05) is 0 Å². The van der Waals surface area contributed by atoms with Crippen LogP contribution in [-0.4, -0.2) is 31.5 Å². The molecule has 0 bridgehead atoms. The molecular weight excluding hydrogens is 271 g/mol. The second kappa shape index (κ2) is 6.68. The summed E-state index contributed by atoms with van der Waals surface area (Å²) in [7, 11) is 1.48. The van der Waals surface area contributed by atoms with E-state index in [0.29, 0.717) is 6.42 Å². The quantitative estimate of drug-likeness (QED) is 0.556. The molecule has 0 fully saturated rings. The number of methoxy groups -OCH3 is 1. The molecular formula is C10H22O2Sn. The van der Waals surface area contributed by atoms with Crippen molar-refractivity contribution in [2.75, 3.05) is 7.11 Å². The molecule has 3 heteroatoms. The van der Waals surface area contributed by atoms with Crippen LogP contribution >= 0.6 is 0 Å². The summed E-state index contributed by atoms with van der Waals surface area (Å²) >= 11 is -1.84. The van der Waals surface area contributed by atoms with E-state index in [-0.39, 0.29) is 5.97 Å². The Morgan fingerprint density at radius 1 is 1.15 bits per heavy atom. The zero-order chi connectivity index (χ0) is 10.3. The molecule has 0 radical (unpaired) electrons. The molecule has 0 saturated heterocycles. The minimum atomic E-state index is -1.84. The van der Waals surface area contributed by atoms with Gasteiger partial charge in [0.05, 0.1) is 0 Å². The van der Waals surface area contributed by atoms with Gasteiger partial charge in [-0.2, -0.15) is 0 Å². The minimum absolute atomic E-state index is 0.0311. The van der Waals surface area contributed by atoms with Crippen molar-refractivity contribution in [3.63, 3.8) is 0 Å². The standard InChI is InChI=1S/C4H7O2.3C2H5.Sn/c1-3-4(5)6-2;3*1-2;/h1,3H2,2H3;3*1H2,2H3;. The van der Waals surface area contributed by atoms with E-state index in [9.17, 15) is 4.79 Å². The van der Waals surface area contributed by atoms with Gasteiger partial charge in [0.25, 0.3) is 0 Å². The summed E-state index contributed by atoms with van der Waals surface area (Å²) in [5, 5.41) is 0. The van der Waals surface area contributed by atoms with Crippen molar-refractivity contribution in [2.45, 2.75) is 44.9 Å². The van der Waals surface area contributed by atoms with Gasteiger partial charge in [0.1, 0.15) is 0 Å². The van der Waals surface area contributed by atoms with Gasteiger partial charge in [-0.05, 0) is 0 Å². The average Bonchev–Trinajstić information content (AvgIpc) is 2.20. The molecule has 13 heavy (non-hydrogen) atoms. The Balaban J connectivity index is 4.02. The summed E-state index contributed by atoms with van der Waals surface area (Å²) in [6.07, 6.45) is 0.655. The number of carbonyl (C=O) groups excluding carboxylic acids is 1. The van der Waals surface area contributed by atoms with E-state index in [0.717, 1.165) is 0 Å². The third kappa shape index (κ3) is 4.34. The molecule has 0 aliphatic rings. The van der Waals surface area contributed by atoms with Crippen LogP contribution in [0.25, 0.3) is 0 Å². The van der Waals surface area contributed by atoms with E-state index < -0.39 is 18.4 Å². The summed E-state index contributed by atoms with van der Waals surface area (Å²) in [6, 6.07) is 0. The summed E-state index contributed by atoms with van der Waals surface area (Å²) in [6.45, 7) is 6.88. The summed E-state index contributed by atoms with van der Waals surface area (Å²) < 4.78 is 9.92. The topological polar surface area (TPSA) is 26.3 Å². The van der Waals surface area contributed by atoms with Crippen LogP contribution in [0.2, 0.25) is 17.7 Å². The van der Waals surface area contributed by atoms with Crippen molar-refractivity contribution < 1.29 is 9.53 Å². The molecule has 0 heterocycles. The SMILES string of the molecule is C[CH2][Sn]([CH2]C)([CH2]C)[CH2]CC(=O)OC. The van der Waals surface area contributed by atoms with Crippen molar-refractivity contribution in [1.29, 1.82) is 0 Å². The number of esters is 1. The van der Waals surface area contributed by atoms with E-state index in [4.69, 9.17) is 0 Å². The Bertz CT molecular complexity index is 145. The monoisotopic (exact) mass is 294 g/mol. The van der Waals surface area contributed by atoms with Crippen molar-refractivity contribution >= 4 is 24.3 Å². The van der Waals surface area contributed by atoms with Gasteiger partial charge in [-0.25, -0.2) is 0 Å². The Labute approximate surface area is 85.9 Å². The van der Waals surface area contributed by atoms with Crippen LogP contribution in [0.3, 0.4) is 0 Å². The first-order valence-corrected chi connectivity index (χ1v) is 13.3. The van der Waals surface area contributed by atoms with E-state index >= 15 is 0 Å². The molecule has 0 aliphatic carbocycles. The fraction of sp³-hybridized carbons (Fsp3) is 0.900. The molecule has 0 aliphatic heterocycles. The molecule has 0 saturated carbocycles. The summed E-state index contributed by atoms with van der Waals surface area (Å²) in [5.41, 5.74) is 0. The molecule has 0 aromatic carbocycles. The molecule has 0 rings (SSSR count). The maximum atomic E-state index is 11.0. The predicted octanol–water partition coefficient (Wildman–Crippen LogP) is 3.06.